The molecule has 0 radical (unpaired) electrons. The van der Waals surface area contributed by atoms with Crippen LogP contribution in [0.3, 0.4) is 0 Å². The molecular formula is C11H10IN3O. The average molecular weight is 327 g/mol. The Hall–Kier alpha value is -1.37. The Kier molecular flexibility index (Phi) is 3.23. The summed E-state index contributed by atoms with van der Waals surface area (Å²) in [7, 11) is 0. The van der Waals surface area contributed by atoms with E-state index >= 15 is 0 Å². The van der Waals surface area contributed by atoms with Gasteiger partial charge in [-0.1, -0.05) is 12.1 Å². The van der Waals surface area contributed by atoms with Crippen LogP contribution in [0, 0.1) is 3.57 Å². The van der Waals surface area contributed by atoms with Gasteiger partial charge in [0.2, 0.25) is 0 Å². The predicted octanol–water partition coefficient (Wildman–Crippen LogP) is 1.48. The van der Waals surface area contributed by atoms with Crippen LogP contribution in [0.1, 0.15) is 5.56 Å². The first-order valence-corrected chi connectivity index (χ1v) is 5.80. The highest BCUT2D eigenvalue weighted by Crippen LogP contribution is 2.07. The Balaban J connectivity index is 2.27. The molecule has 1 aromatic carbocycles. The van der Waals surface area contributed by atoms with E-state index in [-0.39, 0.29) is 5.56 Å². The van der Waals surface area contributed by atoms with E-state index in [1.54, 1.807) is 0 Å². The predicted molar refractivity (Wildman–Crippen MR) is 71.2 cm³/mol. The average Bonchev–Trinajstić information content (AvgIpc) is 2.25. The van der Waals surface area contributed by atoms with Crippen LogP contribution in [0.4, 0.5) is 5.69 Å². The van der Waals surface area contributed by atoms with Gasteiger partial charge in [0.15, 0.2) is 0 Å². The fourth-order valence-electron chi connectivity index (χ4n) is 1.33. The minimum absolute atomic E-state index is 0.182. The van der Waals surface area contributed by atoms with Crippen LogP contribution >= 0.6 is 22.6 Å². The van der Waals surface area contributed by atoms with E-state index in [1.165, 1.54) is 20.5 Å². The van der Waals surface area contributed by atoms with Gasteiger partial charge in [0.25, 0.3) is 5.56 Å². The van der Waals surface area contributed by atoms with Crippen molar-refractivity contribution in [1.82, 2.24) is 9.78 Å². The van der Waals surface area contributed by atoms with E-state index in [0.29, 0.717) is 12.2 Å². The van der Waals surface area contributed by atoms with E-state index in [4.69, 9.17) is 5.73 Å². The van der Waals surface area contributed by atoms with Crippen LogP contribution in [0.15, 0.2) is 41.3 Å². The zero-order chi connectivity index (χ0) is 11.5. The lowest BCUT2D eigenvalue weighted by Gasteiger charge is -2.04. The van der Waals surface area contributed by atoms with E-state index < -0.39 is 0 Å². The molecular weight excluding hydrogens is 317 g/mol. The maximum Gasteiger partial charge on any atom is 0.269 e. The monoisotopic (exact) mass is 327 g/mol. The first kappa shape index (κ1) is 11.1. The minimum Gasteiger partial charge on any atom is -0.397 e. The lowest BCUT2D eigenvalue weighted by atomic mass is 10.2. The Bertz CT molecular complexity index is 548. The molecule has 0 atom stereocenters. The van der Waals surface area contributed by atoms with Crippen molar-refractivity contribution < 1.29 is 0 Å². The molecule has 0 aliphatic heterocycles. The zero-order valence-corrected chi connectivity index (χ0v) is 10.6. The third-order valence-corrected chi connectivity index (χ3v) is 2.86. The van der Waals surface area contributed by atoms with E-state index in [0.717, 1.165) is 5.56 Å². The summed E-state index contributed by atoms with van der Waals surface area (Å²) in [5.74, 6) is 0. The number of aromatic nitrogens is 2. The van der Waals surface area contributed by atoms with Crippen molar-refractivity contribution in [2.24, 2.45) is 0 Å². The molecule has 0 saturated carbocycles. The lowest BCUT2D eigenvalue weighted by Crippen LogP contribution is -2.22. The lowest BCUT2D eigenvalue weighted by molar-refractivity contribution is 0.640. The number of benzene rings is 1. The van der Waals surface area contributed by atoms with E-state index in [2.05, 4.69) is 27.7 Å². The molecule has 1 heterocycles. The van der Waals surface area contributed by atoms with Gasteiger partial charge in [0.05, 0.1) is 18.4 Å². The summed E-state index contributed by atoms with van der Waals surface area (Å²) in [5.41, 5.74) is 6.72. The molecule has 2 rings (SSSR count). The second-order valence-corrected chi connectivity index (χ2v) is 4.66. The van der Waals surface area contributed by atoms with Crippen molar-refractivity contribution in [3.8, 4) is 0 Å². The number of nitrogens with two attached hydrogens (primary N) is 1. The van der Waals surface area contributed by atoms with Gasteiger partial charge < -0.3 is 5.73 Å². The molecule has 4 nitrogen and oxygen atoms in total. The first-order chi connectivity index (χ1) is 7.65. The van der Waals surface area contributed by atoms with Crippen molar-refractivity contribution in [2.45, 2.75) is 6.54 Å². The summed E-state index contributed by atoms with van der Waals surface area (Å²) in [6, 6.07) is 9.33. The Morgan fingerprint density at radius 1 is 1.31 bits per heavy atom. The number of nitrogens with zero attached hydrogens (tertiary/aromatic N) is 2. The molecule has 0 amide bonds. The molecule has 5 heteroatoms. The number of halogens is 1. The molecule has 2 aromatic rings. The van der Waals surface area contributed by atoms with Gasteiger partial charge in [-0.05, 0) is 40.3 Å². The third kappa shape index (κ3) is 2.60. The SMILES string of the molecule is Nc1cnn(Cc2ccc(I)cc2)c(=O)c1. The van der Waals surface area contributed by atoms with Crippen LogP contribution < -0.4 is 11.3 Å². The second kappa shape index (κ2) is 4.65. The van der Waals surface area contributed by atoms with Gasteiger partial charge in [-0.2, -0.15) is 5.10 Å². The van der Waals surface area contributed by atoms with Crippen molar-refractivity contribution >= 4 is 28.3 Å². The molecule has 1 aromatic heterocycles. The maximum absolute atomic E-state index is 11.5. The van der Waals surface area contributed by atoms with Gasteiger partial charge in [0, 0.05) is 9.64 Å². The van der Waals surface area contributed by atoms with Gasteiger partial charge >= 0.3 is 0 Å². The summed E-state index contributed by atoms with van der Waals surface area (Å²) >= 11 is 2.24. The number of rotatable bonds is 2. The van der Waals surface area contributed by atoms with Crippen LogP contribution in [-0.2, 0) is 6.54 Å². The Labute approximate surface area is 106 Å². The number of hydrogen-bond donors (Lipinski definition) is 1. The number of anilines is 1. The highest BCUT2D eigenvalue weighted by Gasteiger charge is 1.99. The smallest absolute Gasteiger partial charge is 0.269 e. The van der Waals surface area contributed by atoms with Gasteiger partial charge in [0.1, 0.15) is 0 Å². The largest absolute Gasteiger partial charge is 0.397 e. The molecule has 0 spiro atoms. The quantitative estimate of drug-likeness (QED) is 0.850. The van der Waals surface area contributed by atoms with Gasteiger partial charge in [-0.25, -0.2) is 4.68 Å². The van der Waals surface area contributed by atoms with Gasteiger partial charge in [-0.15, -0.1) is 0 Å². The van der Waals surface area contributed by atoms with E-state index in [1.807, 2.05) is 24.3 Å². The van der Waals surface area contributed by atoms with Crippen LogP contribution in [0.5, 0.6) is 0 Å². The Morgan fingerprint density at radius 2 is 2.00 bits per heavy atom. The molecule has 0 unspecified atom stereocenters. The fraction of sp³-hybridized carbons (Fsp3) is 0.0909. The summed E-state index contributed by atoms with van der Waals surface area (Å²) < 4.78 is 2.55. The standard InChI is InChI=1S/C11H10IN3O/c12-9-3-1-8(2-4-9)7-15-11(16)5-10(13)6-14-15/h1-6H,7,13H2. The summed E-state index contributed by atoms with van der Waals surface area (Å²) in [6.45, 7) is 0.468. The normalized spacial score (nSPS) is 10.3. The topological polar surface area (TPSA) is 60.9 Å². The first-order valence-electron chi connectivity index (χ1n) is 4.72. The molecule has 16 heavy (non-hydrogen) atoms. The molecule has 0 saturated heterocycles. The number of hydrogen-bond acceptors (Lipinski definition) is 3. The zero-order valence-electron chi connectivity index (χ0n) is 8.43. The molecule has 2 N–H and O–H groups in total. The maximum atomic E-state index is 11.5. The summed E-state index contributed by atoms with van der Waals surface area (Å²) in [6.07, 6.45) is 1.48. The van der Waals surface area contributed by atoms with Crippen molar-refractivity contribution in [3.63, 3.8) is 0 Å². The molecule has 0 bridgehead atoms. The summed E-state index contributed by atoms with van der Waals surface area (Å²) in [5, 5.41) is 3.97. The molecule has 0 fully saturated rings. The van der Waals surface area contributed by atoms with Gasteiger partial charge in [-0.3, -0.25) is 4.79 Å². The van der Waals surface area contributed by atoms with Crippen molar-refractivity contribution in [3.05, 3.63) is 56.0 Å². The highest BCUT2D eigenvalue weighted by atomic mass is 127. The molecule has 82 valence electrons. The van der Waals surface area contributed by atoms with Crippen molar-refractivity contribution in [2.75, 3.05) is 5.73 Å². The number of nitrogen functional groups attached to an aromatic ring is 1. The van der Waals surface area contributed by atoms with Crippen LogP contribution in [0.25, 0.3) is 0 Å². The summed E-state index contributed by atoms with van der Waals surface area (Å²) in [4.78, 5) is 11.5. The van der Waals surface area contributed by atoms with Crippen LogP contribution in [0.2, 0.25) is 0 Å². The molecule has 0 aliphatic carbocycles. The minimum atomic E-state index is -0.182. The van der Waals surface area contributed by atoms with Crippen molar-refractivity contribution in [1.29, 1.82) is 0 Å². The van der Waals surface area contributed by atoms with E-state index in [9.17, 15) is 4.79 Å². The third-order valence-electron chi connectivity index (χ3n) is 2.14. The van der Waals surface area contributed by atoms with Crippen LogP contribution in [-0.4, -0.2) is 9.78 Å². The Morgan fingerprint density at radius 3 is 2.62 bits per heavy atom. The fourth-order valence-corrected chi connectivity index (χ4v) is 1.69. The highest BCUT2D eigenvalue weighted by molar-refractivity contribution is 14.1. The molecule has 0 aliphatic rings. The second-order valence-electron chi connectivity index (χ2n) is 3.41.